The molecule has 0 aliphatic rings. The van der Waals surface area contributed by atoms with Crippen LogP contribution in [0.15, 0.2) is 4.99 Å². The predicted molar refractivity (Wildman–Crippen MR) is 98.4 cm³/mol. The van der Waals surface area contributed by atoms with E-state index in [9.17, 15) is 4.79 Å². The normalized spacial score (nSPS) is 13.5. The summed E-state index contributed by atoms with van der Waals surface area (Å²) in [5.41, 5.74) is 0.0152. The van der Waals surface area contributed by atoms with Gasteiger partial charge in [-0.15, -0.1) is 0 Å². The molecule has 1 atom stereocenters. The van der Waals surface area contributed by atoms with Gasteiger partial charge in [0.25, 0.3) is 0 Å². The number of aliphatic imine (C=N–C) groups is 1. The molecule has 7 nitrogen and oxygen atoms in total. The summed E-state index contributed by atoms with van der Waals surface area (Å²) < 4.78 is 10.9. The Hall–Kier alpha value is -1.34. The third-order valence-electron chi connectivity index (χ3n) is 3.54. The maximum absolute atomic E-state index is 11.7. The SMILES string of the molecule is CCOCCCNC(=NCC(=O)N(C)C)NCC(OC)C(C)(C)C. The zero-order chi connectivity index (χ0) is 18.6. The Morgan fingerprint density at radius 2 is 1.92 bits per heavy atom. The molecule has 7 heteroatoms. The number of nitrogens with one attached hydrogen (secondary N) is 2. The van der Waals surface area contributed by atoms with Crippen molar-refractivity contribution < 1.29 is 14.3 Å². The molecule has 0 spiro atoms. The maximum atomic E-state index is 11.7. The van der Waals surface area contributed by atoms with Crippen molar-refractivity contribution >= 4 is 11.9 Å². The average molecular weight is 345 g/mol. The topological polar surface area (TPSA) is 75.2 Å². The fraction of sp³-hybridized carbons (Fsp3) is 0.882. The minimum absolute atomic E-state index is 0.0152. The number of likely N-dealkylation sites (N-methyl/N-ethyl adjacent to an activating group) is 1. The largest absolute Gasteiger partial charge is 0.382 e. The first-order valence-electron chi connectivity index (χ1n) is 8.55. The van der Waals surface area contributed by atoms with Crippen LogP contribution in [0.3, 0.4) is 0 Å². The maximum Gasteiger partial charge on any atom is 0.243 e. The predicted octanol–water partition coefficient (Wildman–Crippen LogP) is 1.10. The van der Waals surface area contributed by atoms with Crippen molar-refractivity contribution in [1.82, 2.24) is 15.5 Å². The molecule has 0 rings (SSSR count). The molecule has 24 heavy (non-hydrogen) atoms. The minimum Gasteiger partial charge on any atom is -0.382 e. The van der Waals surface area contributed by atoms with E-state index in [1.54, 1.807) is 21.2 Å². The average Bonchev–Trinajstić information content (AvgIpc) is 2.50. The number of amides is 1. The highest BCUT2D eigenvalue weighted by Crippen LogP contribution is 2.20. The van der Waals surface area contributed by atoms with Gasteiger partial charge < -0.3 is 25.0 Å². The molecule has 0 aliphatic carbocycles. The van der Waals surface area contributed by atoms with Gasteiger partial charge in [-0.1, -0.05) is 20.8 Å². The molecule has 0 aliphatic heterocycles. The fourth-order valence-corrected chi connectivity index (χ4v) is 1.92. The Labute approximate surface area is 147 Å². The number of rotatable bonds is 10. The van der Waals surface area contributed by atoms with Crippen LogP contribution in [0.4, 0.5) is 0 Å². The van der Waals surface area contributed by atoms with Crippen molar-refractivity contribution in [3.05, 3.63) is 0 Å². The standard InChI is InChI=1S/C17H36N4O3/c1-8-24-11-9-10-18-16(20-13-15(22)21(5)6)19-12-14(23-7)17(2,3)4/h14H,8-13H2,1-7H3,(H2,18,19,20). The smallest absolute Gasteiger partial charge is 0.243 e. The Kier molecular flexibility index (Phi) is 11.4. The molecule has 142 valence electrons. The second-order valence-corrected chi connectivity index (χ2v) is 6.90. The monoisotopic (exact) mass is 344 g/mol. The van der Waals surface area contributed by atoms with Gasteiger partial charge in [-0.25, -0.2) is 4.99 Å². The van der Waals surface area contributed by atoms with E-state index in [4.69, 9.17) is 9.47 Å². The van der Waals surface area contributed by atoms with Crippen molar-refractivity contribution in [2.45, 2.75) is 40.2 Å². The van der Waals surface area contributed by atoms with Crippen LogP contribution in [-0.4, -0.2) is 76.9 Å². The van der Waals surface area contributed by atoms with Crippen molar-refractivity contribution in [2.24, 2.45) is 10.4 Å². The van der Waals surface area contributed by atoms with Gasteiger partial charge in [0.15, 0.2) is 5.96 Å². The summed E-state index contributed by atoms with van der Waals surface area (Å²) >= 11 is 0. The first-order chi connectivity index (χ1) is 11.2. The molecule has 2 N–H and O–H groups in total. The third-order valence-corrected chi connectivity index (χ3v) is 3.54. The molecule has 0 saturated heterocycles. The van der Waals surface area contributed by atoms with Crippen LogP contribution in [-0.2, 0) is 14.3 Å². The van der Waals surface area contributed by atoms with Gasteiger partial charge in [0.1, 0.15) is 6.54 Å². The zero-order valence-corrected chi connectivity index (χ0v) is 16.4. The van der Waals surface area contributed by atoms with Crippen LogP contribution in [0.25, 0.3) is 0 Å². The molecule has 0 aromatic carbocycles. The Morgan fingerprint density at radius 1 is 1.25 bits per heavy atom. The van der Waals surface area contributed by atoms with Gasteiger partial charge in [-0.05, 0) is 18.8 Å². The quantitative estimate of drug-likeness (QED) is 0.353. The molecule has 0 aromatic rings. The lowest BCUT2D eigenvalue weighted by Crippen LogP contribution is -2.46. The summed E-state index contributed by atoms with van der Waals surface area (Å²) in [7, 11) is 5.15. The van der Waals surface area contributed by atoms with Crippen LogP contribution >= 0.6 is 0 Å². The van der Waals surface area contributed by atoms with E-state index < -0.39 is 0 Å². The zero-order valence-electron chi connectivity index (χ0n) is 16.4. The summed E-state index contributed by atoms with van der Waals surface area (Å²) in [6.45, 7) is 11.3. The van der Waals surface area contributed by atoms with Gasteiger partial charge in [0.05, 0.1) is 6.10 Å². The molecule has 1 amide bonds. The van der Waals surface area contributed by atoms with E-state index in [2.05, 4.69) is 36.4 Å². The number of hydrogen-bond donors (Lipinski definition) is 2. The Morgan fingerprint density at radius 3 is 2.42 bits per heavy atom. The first kappa shape index (κ1) is 22.7. The lowest BCUT2D eigenvalue weighted by molar-refractivity contribution is -0.127. The molecule has 1 unspecified atom stereocenters. The second kappa shape index (κ2) is 12.1. The second-order valence-electron chi connectivity index (χ2n) is 6.90. The van der Waals surface area contributed by atoms with E-state index in [1.807, 2.05) is 6.92 Å². The van der Waals surface area contributed by atoms with Crippen LogP contribution in [0.2, 0.25) is 0 Å². The molecular formula is C17H36N4O3. The van der Waals surface area contributed by atoms with E-state index in [0.29, 0.717) is 19.1 Å². The lowest BCUT2D eigenvalue weighted by atomic mass is 9.89. The fourth-order valence-electron chi connectivity index (χ4n) is 1.92. The van der Waals surface area contributed by atoms with E-state index in [-0.39, 0.29) is 24.0 Å². The number of nitrogens with zero attached hydrogens (tertiary/aromatic N) is 2. The summed E-state index contributed by atoms with van der Waals surface area (Å²) in [4.78, 5) is 17.6. The highest BCUT2D eigenvalue weighted by molar-refractivity contribution is 5.84. The molecule has 0 saturated carbocycles. The van der Waals surface area contributed by atoms with Crippen LogP contribution < -0.4 is 10.6 Å². The van der Waals surface area contributed by atoms with Crippen LogP contribution in [0, 0.1) is 5.41 Å². The Bertz CT molecular complexity index is 379. The van der Waals surface area contributed by atoms with Gasteiger partial charge >= 0.3 is 0 Å². The summed E-state index contributed by atoms with van der Waals surface area (Å²) in [6, 6.07) is 0. The number of ether oxygens (including phenoxy) is 2. The lowest BCUT2D eigenvalue weighted by Gasteiger charge is -2.30. The highest BCUT2D eigenvalue weighted by Gasteiger charge is 2.24. The third kappa shape index (κ3) is 10.4. The molecular weight excluding hydrogens is 308 g/mol. The van der Waals surface area contributed by atoms with E-state index in [0.717, 1.165) is 19.6 Å². The summed E-state index contributed by atoms with van der Waals surface area (Å²) in [5, 5.41) is 6.50. The summed E-state index contributed by atoms with van der Waals surface area (Å²) in [6.07, 6.45) is 0.917. The van der Waals surface area contributed by atoms with Gasteiger partial charge in [-0.3, -0.25) is 4.79 Å². The van der Waals surface area contributed by atoms with Crippen molar-refractivity contribution in [2.75, 3.05) is 54.1 Å². The minimum atomic E-state index is -0.0375. The number of carbonyl (C=O) groups excluding carboxylic acids is 1. The van der Waals surface area contributed by atoms with Crippen molar-refractivity contribution in [3.63, 3.8) is 0 Å². The number of guanidine groups is 1. The van der Waals surface area contributed by atoms with Gasteiger partial charge in [0, 0.05) is 47.5 Å². The van der Waals surface area contributed by atoms with E-state index >= 15 is 0 Å². The number of methoxy groups -OCH3 is 1. The molecule has 0 bridgehead atoms. The number of hydrogen-bond acceptors (Lipinski definition) is 4. The first-order valence-corrected chi connectivity index (χ1v) is 8.55. The Balaban J connectivity index is 4.60. The van der Waals surface area contributed by atoms with Crippen molar-refractivity contribution in [1.29, 1.82) is 0 Å². The van der Waals surface area contributed by atoms with Gasteiger partial charge in [-0.2, -0.15) is 0 Å². The molecule has 0 aromatic heterocycles. The van der Waals surface area contributed by atoms with Crippen molar-refractivity contribution in [3.8, 4) is 0 Å². The summed E-state index contributed by atoms with van der Waals surface area (Å²) in [5.74, 6) is 0.581. The molecule has 0 heterocycles. The molecule has 0 radical (unpaired) electrons. The van der Waals surface area contributed by atoms with E-state index in [1.165, 1.54) is 4.90 Å². The van der Waals surface area contributed by atoms with Crippen LogP contribution in [0.5, 0.6) is 0 Å². The van der Waals surface area contributed by atoms with Crippen LogP contribution in [0.1, 0.15) is 34.1 Å². The number of carbonyl (C=O) groups is 1. The van der Waals surface area contributed by atoms with Gasteiger partial charge in [0.2, 0.25) is 5.91 Å². The molecule has 0 fully saturated rings. The highest BCUT2D eigenvalue weighted by atomic mass is 16.5.